The number of hydrogen-bond acceptors (Lipinski definition) is 7. The quantitative estimate of drug-likeness (QED) is 0.203. The molecule has 16 heteroatoms. The predicted octanol–water partition coefficient (Wildman–Crippen LogP) is 5.97. The lowest BCUT2D eigenvalue weighted by atomic mass is 10.1. The molecular formula is C26H30FN7O2P4S2. The van der Waals surface area contributed by atoms with Crippen LogP contribution >= 0.6 is 45.1 Å². The van der Waals surface area contributed by atoms with E-state index in [0.29, 0.717) is 50.1 Å². The molecule has 5 aromatic rings. The second-order valence-electron chi connectivity index (χ2n) is 9.24. The molecule has 1 N–H and O–H groups in total. The summed E-state index contributed by atoms with van der Waals surface area (Å²) in [6.07, 6.45) is 3.57. The number of aromatic nitrogens is 4. The van der Waals surface area contributed by atoms with Gasteiger partial charge in [0.05, 0.1) is 11.4 Å². The molecule has 4 heterocycles. The normalized spacial score (nSPS) is 15.2. The van der Waals surface area contributed by atoms with E-state index < -0.39 is 10.2 Å². The zero-order chi connectivity index (χ0) is 29.7. The van der Waals surface area contributed by atoms with Crippen LogP contribution in [0.5, 0.6) is 0 Å². The highest BCUT2D eigenvalue weighted by Gasteiger charge is 2.36. The highest BCUT2D eigenvalue weighted by molar-refractivity contribution is 8.65. The molecule has 3 atom stereocenters. The van der Waals surface area contributed by atoms with Crippen LogP contribution in [0.4, 0.5) is 10.3 Å². The Morgan fingerprint density at radius 1 is 0.976 bits per heavy atom. The van der Waals surface area contributed by atoms with Crippen molar-refractivity contribution in [2.24, 2.45) is 0 Å². The standard InChI is InChI=1S/C26H24FN7O2S2.H6P4/c27-21-8-6-20(7-9-21)23-24(34-16-17-37-26(34)31-23)22-10-11-28-25(30-22)29-12-13-32-14-15-33(38(32,35)36)18-19-4-2-1-3-5-19;1-4(2)3/h1-11,16-17H,12-15,18H2,(H,28,29,30);1-3H2. The lowest BCUT2D eigenvalue weighted by Gasteiger charge is -2.19. The van der Waals surface area contributed by atoms with E-state index in [1.54, 1.807) is 24.4 Å². The smallest absolute Gasteiger partial charge is 0.282 e. The number of imidazole rings is 1. The third-order valence-corrected chi connectivity index (χ3v) is 9.11. The van der Waals surface area contributed by atoms with Gasteiger partial charge in [0.1, 0.15) is 11.5 Å². The van der Waals surface area contributed by atoms with Gasteiger partial charge in [0.25, 0.3) is 10.2 Å². The summed E-state index contributed by atoms with van der Waals surface area (Å²) in [5.74, 6) is 0.0727. The van der Waals surface area contributed by atoms with Gasteiger partial charge in [-0.25, -0.2) is 19.3 Å². The SMILES string of the molecule is O=S1(=O)N(CCNc2nccc(-c3c(-c4ccc(F)cc4)nc4sccn34)n2)CCN1Cc1ccccc1.PP(P)P. The van der Waals surface area contributed by atoms with Crippen LogP contribution in [-0.2, 0) is 16.8 Å². The van der Waals surface area contributed by atoms with E-state index in [0.717, 1.165) is 21.8 Å². The van der Waals surface area contributed by atoms with Crippen molar-refractivity contribution in [3.63, 3.8) is 0 Å². The Morgan fingerprint density at radius 3 is 2.43 bits per heavy atom. The van der Waals surface area contributed by atoms with Gasteiger partial charge in [-0.1, -0.05) is 30.3 Å². The molecule has 3 aromatic heterocycles. The van der Waals surface area contributed by atoms with Crippen LogP contribution in [0.15, 0.2) is 78.4 Å². The molecule has 2 aromatic carbocycles. The van der Waals surface area contributed by atoms with E-state index in [2.05, 4.69) is 42.1 Å². The summed E-state index contributed by atoms with van der Waals surface area (Å²) < 4.78 is 44.5. The topological polar surface area (TPSA) is 95.7 Å². The summed E-state index contributed by atoms with van der Waals surface area (Å²) in [5.41, 5.74) is 3.86. The summed E-state index contributed by atoms with van der Waals surface area (Å²) in [6.45, 7) is 2.02. The van der Waals surface area contributed by atoms with Gasteiger partial charge in [-0.3, -0.25) is 4.40 Å². The second kappa shape index (κ2) is 14.2. The van der Waals surface area contributed by atoms with Crippen LogP contribution in [0, 0.1) is 5.82 Å². The molecule has 0 aliphatic carbocycles. The number of nitrogens with one attached hydrogen (secondary N) is 1. The van der Waals surface area contributed by atoms with Gasteiger partial charge in [-0.2, -0.15) is 17.0 Å². The van der Waals surface area contributed by atoms with Crippen molar-refractivity contribution >= 4 is 66.2 Å². The summed E-state index contributed by atoms with van der Waals surface area (Å²) >= 11 is 1.50. The molecule has 1 fully saturated rings. The maximum Gasteiger partial charge on any atom is 0.282 e. The average Bonchev–Trinajstić information content (AvgIpc) is 3.63. The van der Waals surface area contributed by atoms with Crippen molar-refractivity contribution in [2.45, 2.75) is 6.54 Å². The number of benzene rings is 2. The van der Waals surface area contributed by atoms with Gasteiger partial charge >= 0.3 is 0 Å². The van der Waals surface area contributed by atoms with E-state index >= 15 is 0 Å². The number of halogens is 1. The molecule has 9 nitrogen and oxygen atoms in total. The zero-order valence-electron chi connectivity index (χ0n) is 22.4. The van der Waals surface area contributed by atoms with E-state index in [1.165, 1.54) is 32.1 Å². The Hall–Kier alpha value is -1.99. The number of fused-ring (bicyclic) bond motifs is 1. The molecule has 0 radical (unpaired) electrons. The highest BCUT2D eigenvalue weighted by atomic mass is 32.7. The van der Waals surface area contributed by atoms with Crippen molar-refractivity contribution in [1.82, 2.24) is 28.0 Å². The Morgan fingerprint density at radius 2 is 1.69 bits per heavy atom. The molecular weight excluding hydrogens is 649 g/mol. The van der Waals surface area contributed by atoms with Gasteiger partial charge in [0.2, 0.25) is 5.95 Å². The third-order valence-electron chi connectivity index (χ3n) is 6.38. The molecule has 42 heavy (non-hydrogen) atoms. The van der Waals surface area contributed by atoms with Crippen molar-refractivity contribution in [2.75, 3.05) is 31.5 Å². The number of rotatable bonds is 8. The molecule has 0 bridgehead atoms. The molecule has 3 unspecified atom stereocenters. The van der Waals surface area contributed by atoms with Crippen LogP contribution in [0.25, 0.3) is 27.6 Å². The number of hydrogen-bond donors (Lipinski definition) is 1. The number of nitrogens with zero attached hydrogens (tertiary/aromatic N) is 6. The average molecular weight is 680 g/mol. The maximum absolute atomic E-state index is 13.5. The van der Waals surface area contributed by atoms with Crippen molar-refractivity contribution < 1.29 is 12.8 Å². The lowest BCUT2D eigenvalue weighted by molar-refractivity contribution is 0.442. The first-order chi connectivity index (χ1) is 20.2. The molecule has 220 valence electrons. The van der Waals surface area contributed by atoms with Crippen LogP contribution < -0.4 is 5.32 Å². The van der Waals surface area contributed by atoms with Crippen LogP contribution in [-0.4, -0.2) is 62.6 Å². The van der Waals surface area contributed by atoms with Crippen LogP contribution in [0.1, 0.15) is 5.56 Å². The van der Waals surface area contributed by atoms with Crippen LogP contribution in [0.3, 0.4) is 0 Å². The Kier molecular flexibility index (Phi) is 10.6. The summed E-state index contributed by atoms with van der Waals surface area (Å²) in [5, 5.41) is 5.10. The second-order valence-corrected chi connectivity index (χ2v) is 23.7. The first-order valence-electron chi connectivity index (χ1n) is 12.8. The molecule has 1 saturated heterocycles. The van der Waals surface area contributed by atoms with Gasteiger partial charge in [-0.15, -0.1) is 38.1 Å². The fourth-order valence-electron chi connectivity index (χ4n) is 4.50. The predicted molar refractivity (Wildman–Crippen MR) is 181 cm³/mol. The van der Waals surface area contributed by atoms with Gasteiger partial charge < -0.3 is 5.32 Å². The minimum absolute atomic E-state index is 0.130. The first-order valence-corrected chi connectivity index (χ1v) is 21.3. The Labute approximate surface area is 256 Å². The van der Waals surface area contributed by atoms with E-state index in [-0.39, 0.29) is 12.8 Å². The summed E-state index contributed by atoms with van der Waals surface area (Å²) in [4.78, 5) is 14.6. The Balaban J connectivity index is 0.000000830. The molecule has 1 aliphatic heterocycles. The zero-order valence-corrected chi connectivity index (χ0v) is 28.4. The maximum atomic E-state index is 13.5. The van der Waals surface area contributed by atoms with Gasteiger partial charge in [-0.05, 0) is 42.9 Å². The van der Waals surface area contributed by atoms with Crippen molar-refractivity contribution in [3.05, 3.63) is 89.8 Å². The summed E-state index contributed by atoms with van der Waals surface area (Å²) in [6, 6.07) is 17.6. The largest absolute Gasteiger partial charge is 0.353 e. The highest BCUT2D eigenvalue weighted by Crippen LogP contribution is 2.59. The minimum atomic E-state index is -3.53. The molecule has 0 amide bonds. The molecule has 0 spiro atoms. The molecule has 0 saturated carbocycles. The summed E-state index contributed by atoms with van der Waals surface area (Å²) in [7, 11) is 4.41. The molecule has 1 aliphatic rings. The van der Waals surface area contributed by atoms with E-state index in [9.17, 15) is 12.8 Å². The van der Waals surface area contributed by atoms with Gasteiger partial charge in [0, 0.05) is 56.1 Å². The Bertz CT molecular complexity index is 1740. The number of anilines is 1. The molecule has 6 rings (SSSR count). The van der Waals surface area contributed by atoms with Crippen molar-refractivity contribution in [3.8, 4) is 22.6 Å². The first kappa shape index (κ1) is 31.4. The fourth-order valence-corrected chi connectivity index (χ4v) is 6.80. The van der Waals surface area contributed by atoms with E-state index in [4.69, 9.17) is 4.98 Å². The lowest BCUT2D eigenvalue weighted by Crippen LogP contribution is -2.35. The fraction of sp³-hybridized carbons (Fsp3) is 0.192. The minimum Gasteiger partial charge on any atom is -0.353 e. The van der Waals surface area contributed by atoms with E-state index in [1.807, 2.05) is 46.3 Å². The van der Waals surface area contributed by atoms with Crippen LogP contribution in [0.2, 0.25) is 0 Å². The monoisotopic (exact) mass is 679 g/mol. The van der Waals surface area contributed by atoms with Crippen molar-refractivity contribution in [1.29, 1.82) is 0 Å². The third kappa shape index (κ3) is 7.56. The number of thiazole rings is 1. The van der Waals surface area contributed by atoms with Gasteiger partial charge in [0.15, 0.2) is 4.96 Å².